The topological polar surface area (TPSA) is 47.6 Å². The Morgan fingerprint density at radius 3 is 2.42 bits per heavy atom. The lowest BCUT2D eigenvalue weighted by Gasteiger charge is -2.12. The second kappa shape index (κ2) is 6.93. The van der Waals surface area contributed by atoms with Gasteiger partial charge in [-0.25, -0.2) is 0 Å². The zero-order valence-corrected chi connectivity index (χ0v) is 14.9. The molecular weight excluding hydrogens is 370 g/mol. The van der Waals surface area contributed by atoms with Crippen LogP contribution in [0.5, 0.6) is 11.5 Å². The zero-order chi connectivity index (χ0) is 17.1. The fraction of sp³-hybridized carbons (Fsp3) is 0.105. The summed E-state index contributed by atoms with van der Waals surface area (Å²) in [5.74, 6) is 0.835. The minimum absolute atomic E-state index is 0.216. The van der Waals surface area contributed by atoms with Gasteiger partial charge in [0.2, 0.25) is 0 Å². The Labute approximate surface area is 148 Å². The van der Waals surface area contributed by atoms with Crippen molar-refractivity contribution in [2.45, 2.75) is 0 Å². The van der Waals surface area contributed by atoms with Crippen LogP contribution in [0.4, 0.5) is 5.69 Å². The molecular formula is C19H16BrNO3. The summed E-state index contributed by atoms with van der Waals surface area (Å²) in [6, 6.07) is 17.2. The van der Waals surface area contributed by atoms with Gasteiger partial charge < -0.3 is 14.8 Å². The third kappa shape index (κ3) is 3.21. The number of benzene rings is 3. The fourth-order valence-corrected chi connectivity index (χ4v) is 3.12. The number of ether oxygens (including phenoxy) is 2. The van der Waals surface area contributed by atoms with E-state index in [1.165, 1.54) is 7.11 Å². The van der Waals surface area contributed by atoms with Crippen molar-refractivity contribution in [1.29, 1.82) is 0 Å². The minimum Gasteiger partial charge on any atom is -0.493 e. The number of carbonyl (C=O) groups excluding carboxylic acids is 1. The molecule has 1 amide bonds. The van der Waals surface area contributed by atoms with Crippen molar-refractivity contribution in [2.24, 2.45) is 0 Å². The van der Waals surface area contributed by atoms with E-state index in [-0.39, 0.29) is 5.91 Å². The van der Waals surface area contributed by atoms with Crippen LogP contribution in [-0.2, 0) is 0 Å². The van der Waals surface area contributed by atoms with Crippen LogP contribution < -0.4 is 14.8 Å². The number of anilines is 1. The van der Waals surface area contributed by atoms with Gasteiger partial charge in [0.15, 0.2) is 11.5 Å². The Hall–Kier alpha value is -2.53. The monoisotopic (exact) mass is 385 g/mol. The van der Waals surface area contributed by atoms with E-state index in [0.717, 1.165) is 16.5 Å². The molecule has 0 aromatic heterocycles. The van der Waals surface area contributed by atoms with E-state index in [0.29, 0.717) is 21.5 Å². The molecule has 0 radical (unpaired) electrons. The molecule has 0 bridgehead atoms. The molecule has 0 heterocycles. The zero-order valence-electron chi connectivity index (χ0n) is 13.3. The van der Waals surface area contributed by atoms with E-state index in [1.807, 2.05) is 42.5 Å². The molecule has 4 nitrogen and oxygen atoms in total. The number of rotatable bonds is 4. The largest absolute Gasteiger partial charge is 0.493 e. The molecule has 0 aliphatic carbocycles. The lowest BCUT2D eigenvalue weighted by molar-refractivity contribution is 0.102. The van der Waals surface area contributed by atoms with Gasteiger partial charge in [0.25, 0.3) is 5.91 Å². The highest BCUT2D eigenvalue weighted by Crippen LogP contribution is 2.36. The Balaban J connectivity index is 1.89. The lowest BCUT2D eigenvalue weighted by atomic mass is 10.1. The van der Waals surface area contributed by atoms with Crippen molar-refractivity contribution < 1.29 is 14.3 Å². The number of carbonyl (C=O) groups is 1. The van der Waals surface area contributed by atoms with Crippen LogP contribution in [0.15, 0.2) is 59.1 Å². The van der Waals surface area contributed by atoms with Gasteiger partial charge in [0.1, 0.15) is 0 Å². The maximum absolute atomic E-state index is 12.5. The summed E-state index contributed by atoms with van der Waals surface area (Å²) >= 11 is 3.40. The van der Waals surface area contributed by atoms with Crippen molar-refractivity contribution in [3.8, 4) is 11.5 Å². The first-order chi connectivity index (χ1) is 11.6. The highest BCUT2D eigenvalue weighted by molar-refractivity contribution is 9.10. The maximum Gasteiger partial charge on any atom is 0.255 e. The van der Waals surface area contributed by atoms with Gasteiger partial charge in [0.05, 0.1) is 18.7 Å². The van der Waals surface area contributed by atoms with Crippen LogP contribution >= 0.6 is 15.9 Å². The molecule has 0 saturated carbocycles. The van der Waals surface area contributed by atoms with Crippen molar-refractivity contribution in [3.05, 3.63) is 64.6 Å². The number of methoxy groups -OCH3 is 2. The molecule has 0 aliphatic heterocycles. The fourth-order valence-electron chi connectivity index (χ4n) is 2.52. The van der Waals surface area contributed by atoms with E-state index < -0.39 is 0 Å². The Morgan fingerprint density at radius 1 is 0.958 bits per heavy atom. The average Bonchev–Trinajstić information content (AvgIpc) is 2.60. The molecule has 24 heavy (non-hydrogen) atoms. The SMILES string of the molecule is COc1cc(C(=O)Nc2ccc3ccccc3c2)cc(Br)c1OC. The molecule has 0 aliphatic rings. The van der Waals surface area contributed by atoms with Gasteiger partial charge in [-0.15, -0.1) is 0 Å². The smallest absolute Gasteiger partial charge is 0.255 e. The summed E-state index contributed by atoms with van der Waals surface area (Å²) in [5, 5.41) is 5.11. The summed E-state index contributed by atoms with van der Waals surface area (Å²) in [6.07, 6.45) is 0. The average molecular weight is 386 g/mol. The first-order valence-electron chi connectivity index (χ1n) is 7.34. The van der Waals surface area contributed by atoms with Crippen molar-refractivity contribution in [1.82, 2.24) is 0 Å². The predicted octanol–water partition coefficient (Wildman–Crippen LogP) is 4.87. The van der Waals surface area contributed by atoms with Crippen LogP contribution in [-0.4, -0.2) is 20.1 Å². The van der Waals surface area contributed by atoms with Crippen molar-refractivity contribution in [3.63, 3.8) is 0 Å². The van der Waals surface area contributed by atoms with Crippen LogP contribution in [0.25, 0.3) is 10.8 Å². The standard InChI is InChI=1S/C19H16BrNO3/c1-23-17-11-14(10-16(20)18(17)24-2)19(22)21-15-8-7-12-5-3-4-6-13(12)9-15/h3-11H,1-2H3,(H,21,22). The highest BCUT2D eigenvalue weighted by atomic mass is 79.9. The molecule has 0 spiro atoms. The predicted molar refractivity (Wildman–Crippen MR) is 99.1 cm³/mol. The van der Waals surface area contributed by atoms with Gasteiger partial charge in [-0.05, 0) is 51.0 Å². The molecule has 5 heteroatoms. The van der Waals surface area contributed by atoms with Gasteiger partial charge in [0, 0.05) is 11.3 Å². The van der Waals surface area contributed by atoms with E-state index in [2.05, 4.69) is 21.2 Å². The first kappa shape index (κ1) is 16.3. The van der Waals surface area contributed by atoms with Crippen LogP contribution in [0.1, 0.15) is 10.4 Å². The van der Waals surface area contributed by atoms with Gasteiger partial charge in [-0.2, -0.15) is 0 Å². The molecule has 0 atom stereocenters. The molecule has 3 aromatic carbocycles. The number of hydrogen-bond acceptors (Lipinski definition) is 3. The summed E-state index contributed by atoms with van der Waals surface area (Å²) in [4.78, 5) is 12.5. The Morgan fingerprint density at radius 2 is 1.71 bits per heavy atom. The maximum atomic E-state index is 12.5. The summed E-state index contributed by atoms with van der Waals surface area (Å²) in [6.45, 7) is 0. The number of nitrogens with one attached hydrogen (secondary N) is 1. The van der Waals surface area contributed by atoms with Crippen LogP contribution in [0.3, 0.4) is 0 Å². The molecule has 122 valence electrons. The molecule has 3 rings (SSSR count). The van der Waals surface area contributed by atoms with Gasteiger partial charge >= 0.3 is 0 Å². The molecule has 0 unspecified atom stereocenters. The van der Waals surface area contributed by atoms with Gasteiger partial charge in [-0.3, -0.25) is 4.79 Å². The summed E-state index contributed by atoms with van der Waals surface area (Å²) < 4.78 is 11.2. The molecule has 3 aromatic rings. The number of fused-ring (bicyclic) bond motifs is 1. The summed E-state index contributed by atoms with van der Waals surface area (Å²) in [7, 11) is 3.09. The molecule has 0 fully saturated rings. The second-order valence-corrected chi connectivity index (χ2v) is 6.06. The number of amides is 1. The normalized spacial score (nSPS) is 10.5. The van der Waals surface area contributed by atoms with Crippen molar-refractivity contribution in [2.75, 3.05) is 19.5 Å². The van der Waals surface area contributed by atoms with Crippen LogP contribution in [0.2, 0.25) is 0 Å². The number of hydrogen-bond donors (Lipinski definition) is 1. The van der Waals surface area contributed by atoms with E-state index in [1.54, 1.807) is 19.2 Å². The van der Waals surface area contributed by atoms with E-state index in [9.17, 15) is 4.79 Å². The molecule has 1 N–H and O–H groups in total. The van der Waals surface area contributed by atoms with Crippen molar-refractivity contribution >= 4 is 38.3 Å². The second-order valence-electron chi connectivity index (χ2n) is 5.21. The quantitative estimate of drug-likeness (QED) is 0.696. The lowest BCUT2D eigenvalue weighted by Crippen LogP contribution is -2.12. The third-order valence-corrected chi connectivity index (χ3v) is 4.29. The van der Waals surface area contributed by atoms with Gasteiger partial charge in [-0.1, -0.05) is 30.3 Å². The molecule has 0 saturated heterocycles. The highest BCUT2D eigenvalue weighted by Gasteiger charge is 2.15. The Bertz CT molecular complexity index is 908. The third-order valence-electron chi connectivity index (χ3n) is 3.70. The number of halogens is 1. The van der Waals surface area contributed by atoms with E-state index >= 15 is 0 Å². The summed E-state index contributed by atoms with van der Waals surface area (Å²) in [5.41, 5.74) is 1.22. The minimum atomic E-state index is -0.216. The van der Waals surface area contributed by atoms with Crippen LogP contribution in [0, 0.1) is 0 Å². The Kier molecular flexibility index (Phi) is 4.71. The van der Waals surface area contributed by atoms with E-state index in [4.69, 9.17) is 9.47 Å². The first-order valence-corrected chi connectivity index (χ1v) is 8.13.